The Bertz CT molecular complexity index is 446. The quantitative estimate of drug-likeness (QED) is 0.582. The number of nitro groups is 1. The van der Waals surface area contributed by atoms with Crippen molar-refractivity contribution in [2.75, 3.05) is 13.7 Å². The summed E-state index contributed by atoms with van der Waals surface area (Å²) in [5.41, 5.74) is -0.0401. The smallest absolute Gasteiger partial charge is 0.311 e. The van der Waals surface area contributed by atoms with E-state index in [1.165, 1.54) is 13.2 Å². The Morgan fingerprint density at radius 2 is 2.21 bits per heavy atom. The van der Waals surface area contributed by atoms with Gasteiger partial charge in [0, 0.05) is 19.2 Å². The second kappa shape index (κ2) is 6.49. The van der Waals surface area contributed by atoms with Crippen molar-refractivity contribution < 1.29 is 14.8 Å². The fraction of sp³-hybridized carbons (Fsp3) is 0.538. The molecule has 1 atom stereocenters. The van der Waals surface area contributed by atoms with E-state index < -0.39 is 10.5 Å². The second-order valence-electron chi connectivity index (χ2n) is 4.72. The van der Waals surface area contributed by atoms with Crippen LogP contribution in [0, 0.1) is 10.1 Å². The van der Waals surface area contributed by atoms with Crippen LogP contribution in [0.4, 0.5) is 5.69 Å². The molecule has 1 aromatic rings. The first-order valence-electron chi connectivity index (χ1n) is 6.14. The van der Waals surface area contributed by atoms with E-state index in [4.69, 9.17) is 4.74 Å². The standard InChI is InChI=1S/C13H20N2O4/c1-4-13(2,16)9-14-8-10-5-6-12(19-3)11(7-10)15(17)18/h5-7,14,16H,4,8-9H2,1-3H3. The summed E-state index contributed by atoms with van der Waals surface area (Å²) in [6, 6.07) is 4.82. The van der Waals surface area contributed by atoms with Crippen LogP contribution < -0.4 is 10.1 Å². The molecule has 19 heavy (non-hydrogen) atoms. The zero-order chi connectivity index (χ0) is 14.5. The summed E-state index contributed by atoms with van der Waals surface area (Å²) in [5.74, 6) is 0.245. The van der Waals surface area contributed by atoms with Crippen LogP contribution in [0.25, 0.3) is 0 Å². The van der Waals surface area contributed by atoms with Crippen molar-refractivity contribution in [1.82, 2.24) is 5.32 Å². The SMILES string of the molecule is CCC(C)(O)CNCc1ccc(OC)c([N+](=O)[O-])c1. The van der Waals surface area contributed by atoms with Crippen molar-refractivity contribution >= 4 is 5.69 Å². The fourth-order valence-electron chi connectivity index (χ4n) is 1.59. The Hall–Kier alpha value is -1.66. The minimum Gasteiger partial charge on any atom is -0.490 e. The molecule has 0 heterocycles. The highest BCUT2D eigenvalue weighted by Gasteiger charge is 2.18. The van der Waals surface area contributed by atoms with Crippen LogP contribution in [-0.4, -0.2) is 29.3 Å². The van der Waals surface area contributed by atoms with Gasteiger partial charge in [0.25, 0.3) is 0 Å². The second-order valence-corrected chi connectivity index (χ2v) is 4.72. The van der Waals surface area contributed by atoms with Crippen LogP contribution in [0.1, 0.15) is 25.8 Å². The highest BCUT2D eigenvalue weighted by molar-refractivity contribution is 5.48. The molecule has 2 N–H and O–H groups in total. The summed E-state index contributed by atoms with van der Waals surface area (Å²) in [5, 5.41) is 23.8. The highest BCUT2D eigenvalue weighted by atomic mass is 16.6. The van der Waals surface area contributed by atoms with Gasteiger partial charge in [0.2, 0.25) is 0 Å². The molecule has 0 spiro atoms. The molecule has 1 aromatic carbocycles. The lowest BCUT2D eigenvalue weighted by atomic mass is 10.0. The van der Waals surface area contributed by atoms with E-state index in [1.54, 1.807) is 19.1 Å². The van der Waals surface area contributed by atoms with Gasteiger partial charge >= 0.3 is 5.69 Å². The van der Waals surface area contributed by atoms with Gasteiger partial charge in [-0.15, -0.1) is 0 Å². The molecule has 0 bridgehead atoms. The van der Waals surface area contributed by atoms with Crippen molar-refractivity contribution in [3.05, 3.63) is 33.9 Å². The zero-order valence-corrected chi connectivity index (χ0v) is 11.5. The average molecular weight is 268 g/mol. The van der Waals surface area contributed by atoms with Crippen LogP contribution in [0.2, 0.25) is 0 Å². The average Bonchev–Trinajstić information content (AvgIpc) is 2.38. The molecule has 0 aromatic heterocycles. The zero-order valence-electron chi connectivity index (χ0n) is 11.5. The minimum atomic E-state index is -0.765. The summed E-state index contributed by atoms with van der Waals surface area (Å²) in [7, 11) is 1.40. The van der Waals surface area contributed by atoms with Gasteiger partial charge in [0.05, 0.1) is 17.6 Å². The summed E-state index contributed by atoms with van der Waals surface area (Å²) < 4.78 is 4.94. The molecular formula is C13H20N2O4. The van der Waals surface area contributed by atoms with Gasteiger partial charge in [0.15, 0.2) is 5.75 Å². The number of aliphatic hydroxyl groups is 1. The number of rotatable bonds is 7. The molecule has 0 aliphatic rings. The topological polar surface area (TPSA) is 84.6 Å². The maximum absolute atomic E-state index is 10.9. The lowest BCUT2D eigenvalue weighted by molar-refractivity contribution is -0.385. The van der Waals surface area contributed by atoms with Gasteiger partial charge in [-0.05, 0) is 25.0 Å². The molecule has 106 valence electrons. The molecule has 0 fully saturated rings. The number of nitro benzene ring substituents is 1. The largest absolute Gasteiger partial charge is 0.490 e. The first kappa shape index (κ1) is 15.4. The molecule has 1 rings (SSSR count). The van der Waals surface area contributed by atoms with Gasteiger partial charge < -0.3 is 15.2 Å². The van der Waals surface area contributed by atoms with Crippen molar-refractivity contribution in [3.63, 3.8) is 0 Å². The van der Waals surface area contributed by atoms with E-state index in [1.807, 2.05) is 6.92 Å². The third kappa shape index (κ3) is 4.50. The Balaban J connectivity index is 2.70. The first-order chi connectivity index (χ1) is 8.89. The lowest BCUT2D eigenvalue weighted by Crippen LogP contribution is -2.36. The molecule has 0 aliphatic carbocycles. The van der Waals surface area contributed by atoms with E-state index in [-0.39, 0.29) is 11.4 Å². The highest BCUT2D eigenvalue weighted by Crippen LogP contribution is 2.27. The molecule has 0 amide bonds. The van der Waals surface area contributed by atoms with Crippen molar-refractivity contribution in [2.24, 2.45) is 0 Å². The van der Waals surface area contributed by atoms with Gasteiger partial charge in [-0.25, -0.2) is 0 Å². The van der Waals surface area contributed by atoms with Crippen molar-refractivity contribution in [1.29, 1.82) is 0 Å². The summed E-state index contributed by atoms with van der Waals surface area (Å²) in [6.07, 6.45) is 0.642. The van der Waals surface area contributed by atoms with E-state index in [0.717, 1.165) is 5.56 Å². The fourth-order valence-corrected chi connectivity index (χ4v) is 1.59. The van der Waals surface area contributed by atoms with Gasteiger partial charge in [0.1, 0.15) is 0 Å². The number of ether oxygens (including phenoxy) is 1. The number of hydrogen-bond acceptors (Lipinski definition) is 5. The Morgan fingerprint density at radius 1 is 1.53 bits per heavy atom. The normalized spacial score (nSPS) is 13.9. The lowest BCUT2D eigenvalue weighted by Gasteiger charge is -2.21. The predicted octanol–water partition coefficient (Wildman–Crippen LogP) is 1.85. The summed E-state index contributed by atoms with van der Waals surface area (Å²) in [6.45, 7) is 4.54. The molecule has 0 saturated carbocycles. The molecule has 1 unspecified atom stereocenters. The third-order valence-electron chi connectivity index (χ3n) is 3.04. The number of hydrogen-bond donors (Lipinski definition) is 2. The van der Waals surface area contributed by atoms with Gasteiger partial charge in [-0.3, -0.25) is 10.1 Å². The monoisotopic (exact) mass is 268 g/mol. The summed E-state index contributed by atoms with van der Waals surface area (Å²) >= 11 is 0. The Labute approximate surface area is 112 Å². The van der Waals surface area contributed by atoms with Crippen LogP contribution in [0.3, 0.4) is 0 Å². The van der Waals surface area contributed by atoms with Crippen LogP contribution in [-0.2, 0) is 6.54 Å². The van der Waals surface area contributed by atoms with Gasteiger partial charge in [-0.1, -0.05) is 13.0 Å². The van der Waals surface area contributed by atoms with Gasteiger partial charge in [-0.2, -0.15) is 0 Å². The van der Waals surface area contributed by atoms with E-state index in [9.17, 15) is 15.2 Å². The summed E-state index contributed by atoms with van der Waals surface area (Å²) in [4.78, 5) is 10.4. The van der Waals surface area contributed by atoms with Crippen molar-refractivity contribution in [3.8, 4) is 5.75 Å². The minimum absolute atomic E-state index is 0.0518. The number of methoxy groups -OCH3 is 1. The Morgan fingerprint density at radius 3 is 2.74 bits per heavy atom. The molecule has 6 nitrogen and oxygen atoms in total. The van der Waals surface area contributed by atoms with Crippen molar-refractivity contribution in [2.45, 2.75) is 32.4 Å². The maximum atomic E-state index is 10.9. The first-order valence-corrected chi connectivity index (χ1v) is 6.14. The molecule has 0 aliphatic heterocycles. The maximum Gasteiger partial charge on any atom is 0.311 e. The van der Waals surface area contributed by atoms with E-state index in [0.29, 0.717) is 19.5 Å². The van der Waals surface area contributed by atoms with E-state index >= 15 is 0 Å². The van der Waals surface area contributed by atoms with Crippen LogP contribution in [0.15, 0.2) is 18.2 Å². The van der Waals surface area contributed by atoms with Crippen LogP contribution >= 0.6 is 0 Å². The Kier molecular flexibility index (Phi) is 5.26. The third-order valence-corrected chi connectivity index (χ3v) is 3.04. The molecule has 0 saturated heterocycles. The molecular weight excluding hydrogens is 248 g/mol. The predicted molar refractivity (Wildman–Crippen MR) is 72.3 cm³/mol. The molecule has 0 radical (unpaired) electrons. The number of nitrogens with zero attached hydrogens (tertiary/aromatic N) is 1. The van der Waals surface area contributed by atoms with Crippen LogP contribution in [0.5, 0.6) is 5.75 Å². The molecule has 6 heteroatoms. The number of nitrogens with one attached hydrogen (secondary N) is 1. The van der Waals surface area contributed by atoms with E-state index in [2.05, 4.69) is 5.32 Å². The number of benzene rings is 1.